The molecule has 0 radical (unpaired) electrons. The summed E-state index contributed by atoms with van der Waals surface area (Å²) >= 11 is 0. The number of esters is 1. The summed E-state index contributed by atoms with van der Waals surface area (Å²) in [6.45, 7) is -0.625. The highest BCUT2D eigenvalue weighted by molar-refractivity contribution is 5.91. The monoisotopic (exact) mass is 337 g/mol. The van der Waals surface area contributed by atoms with Crippen molar-refractivity contribution in [2.24, 2.45) is 0 Å². The lowest BCUT2D eigenvalue weighted by atomic mass is 10.2. The Morgan fingerprint density at radius 1 is 1.04 bits per heavy atom. The van der Waals surface area contributed by atoms with E-state index in [1.165, 1.54) is 30.1 Å². The molecule has 4 nitrogen and oxygen atoms in total. The average molecular weight is 337 g/mol. The maximum Gasteiger partial charge on any atom is 0.338 e. The summed E-state index contributed by atoms with van der Waals surface area (Å²) in [5.74, 6) is -3.91. The van der Waals surface area contributed by atoms with Crippen molar-refractivity contribution in [2.45, 2.75) is 6.54 Å². The number of carbonyl (C=O) groups excluding carboxylic acids is 2. The number of carbonyl (C=O) groups is 2. The molecule has 7 heteroatoms. The third-order valence-electron chi connectivity index (χ3n) is 3.22. The van der Waals surface area contributed by atoms with Crippen LogP contribution in [-0.4, -0.2) is 30.4 Å². The Balaban J connectivity index is 1.92. The van der Waals surface area contributed by atoms with E-state index in [0.717, 1.165) is 12.1 Å². The predicted octanol–water partition coefficient (Wildman–Crippen LogP) is 2.92. The minimum Gasteiger partial charge on any atom is -0.452 e. The van der Waals surface area contributed by atoms with Crippen molar-refractivity contribution < 1.29 is 27.5 Å². The third-order valence-corrected chi connectivity index (χ3v) is 3.22. The van der Waals surface area contributed by atoms with E-state index < -0.39 is 35.9 Å². The van der Waals surface area contributed by atoms with E-state index in [4.69, 9.17) is 4.74 Å². The van der Waals surface area contributed by atoms with E-state index >= 15 is 0 Å². The topological polar surface area (TPSA) is 46.6 Å². The van der Waals surface area contributed by atoms with Gasteiger partial charge < -0.3 is 9.64 Å². The third kappa shape index (κ3) is 4.58. The van der Waals surface area contributed by atoms with Crippen LogP contribution in [0.4, 0.5) is 13.2 Å². The Bertz CT molecular complexity index is 744. The summed E-state index contributed by atoms with van der Waals surface area (Å²) in [6.07, 6.45) is 0. The van der Waals surface area contributed by atoms with Crippen LogP contribution in [0.3, 0.4) is 0 Å². The number of nitrogens with zero attached hydrogens (tertiary/aromatic N) is 1. The molecule has 2 aromatic carbocycles. The van der Waals surface area contributed by atoms with Gasteiger partial charge in [0.2, 0.25) is 0 Å². The molecule has 0 bridgehead atoms. The molecule has 0 heterocycles. The highest BCUT2D eigenvalue weighted by Crippen LogP contribution is 2.11. The molecular weight excluding hydrogens is 323 g/mol. The van der Waals surface area contributed by atoms with Gasteiger partial charge in [-0.05, 0) is 18.2 Å². The van der Waals surface area contributed by atoms with Crippen LogP contribution in [0.2, 0.25) is 0 Å². The van der Waals surface area contributed by atoms with Crippen LogP contribution in [0.5, 0.6) is 0 Å². The van der Waals surface area contributed by atoms with Gasteiger partial charge in [0, 0.05) is 25.2 Å². The van der Waals surface area contributed by atoms with Gasteiger partial charge in [-0.1, -0.05) is 18.2 Å². The summed E-state index contributed by atoms with van der Waals surface area (Å²) in [7, 11) is 1.42. The van der Waals surface area contributed by atoms with Crippen molar-refractivity contribution in [1.29, 1.82) is 0 Å². The molecule has 24 heavy (non-hydrogen) atoms. The lowest BCUT2D eigenvalue weighted by Crippen LogP contribution is -2.31. The number of hydrogen-bond acceptors (Lipinski definition) is 3. The van der Waals surface area contributed by atoms with E-state index in [-0.39, 0.29) is 12.1 Å². The van der Waals surface area contributed by atoms with Gasteiger partial charge in [-0.25, -0.2) is 18.0 Å². The Kier molecular flexibility index (Phi) is 5.57. The molecule has 126 valence electrons. The van der Waals surface area contributed by atoms with Gasteiger partial charge in [0.05, 0.1) is 5.56 Å². The van der Waals surface area contributed by atoms with Gasteiger partial charge in [-0.15, -0.1) is 0 Å². The first-order valence-corrected chi connectivity index (χ1v) is 6.97. The lowest BCUT2D eigenvalue weighted by molar-refractivity contribution is -0.133. The Hall–Kier alpha value is -2.83. The van der Waals surface area contributed by atoms with Crippen molar-refractivity contribution >= 4 is 11.9 Å². The lowest BCUT2D eigenvalue weighted by Gasteiger charge is -2.17. The number of likely N-dealkylation sites (N-methyl/N-ethyl adjacent to an activating group) is 1. The summed E-state index contributed by atoms with van der Waals surface area (Å²) in [5.41, 5.74) is -0.0241. The van der Waals surface area contributed by atoms with Gasteiger partial charge in [0.15, 0.2) is 6.61 Å². The summed E-state index contributed by atoms with van der Waals surface area (Å²) in [4.78, 5) is 24.8. The fourth-order valence-electron chi connectivity index (χ4n) is 1.96. The Morgan fingerprint density at radius 2 is 1.67 bits per heavy atom. The SMILES string of the molecule is CN(Cc1ccccc1F)C(=O)COC(=O)c1cc(F)cc(F)c1. The Morgan fingerprint density at radius 3 is 2.29 bits per heavy atom. The van der Waals surface area contributed by atoms with Gasteiger partial charge in [0.1, 0.15) is 17.5 Å². The van der Waals surface area contributed by atoms with E-state index in [0.29, 0.717) is 11.6 Å². The minimum atomic E-state index is -1.03. The molecule has 1 amide bonds. The summed E-state index contributed by atoms with van der Waals surface area (Å²) in [6, 6.07) is 8.19. The molecule has 0 aliphatic rings. The fourth-order valence-corrected chi connectivity index (χ4v) is 1.96. The van der Waals surface area contributed by atoms with Crippen molar-refractivity contribution in [3.8, 4) is 0 Å². The van der Waals surface area contributed by atoms with Crippen LogP contribution in [0.1, 0.15) is 15.9 Å². The van der Waals surface area contributed by atoms with Crippen molar-refractivity contribution in [3.05, 3.63) is 71.0 Å². The highest BCUT2D eigenvalue weighted by Gasteiger charge is 2.16. The summed E-state index contributed by atoms with van der Waals surface area (Å²) < 4.78 is 44.3. The molecule has 2 rings (SSSR count). The number of rotatable bonds is 5. The molecule has 0 aromatic heterocycles. The normalized spacial score (nSPS) is 10.3. The number of benzene rings is 2. The maximum atomic E-state index is 13.5. The zero-order valence-corrected chi connectivity index (χ0v) is 12.8. The maximum absolute atomic E-state index is 13.5. The standard InChI is InChI=1S/C17H14F3NO3/c1-21(9-11-4-2-3-5-15(11)20)16(22)10-24-17(23)12-6-13(18)8-14(19)7-12/h2-8H,9-10H2,1H3. The molecule has 0 spiro atoms. The van der Waals surface area contributed by atoms with Gasteiger partial charge in [0.25, 0.3) is 5.91 Å². The molecule has 0 aliphatic carbocycles. The molecule has 0 saturated heterocycles. The number of halogens is 3. The quantitative estimate of drug-likeness (QED) is 0.788. The average Bonchev–Trinajstić information content (AvgIpc) is 2.53. The first kappa shape index (κ1) is 17.5. The predicted molar refractivity (Wildman–Crippen MR) is 79.5 cm³/mol. The zero-order chi connectivity index (χ0) is 17.7. The molecule has 0 N–H and O–H groups in total. The van der Waals surface area contributed by atoms with E-state index in [9.17, 15) is 22.8 Å². The molecular formula is C17H14F3NO3. The van der Waals surface area contributed by atoms with Crippen molar-refractivity contribution in [2.75, 3.05) is 13.7 Å². The molecule has 0 unspecified atom stereocenters. The second kappa shape index (κ2) is 7.63. The number of amides is 1. The van der Waals surface area contributed by atoms with Crippen molar-refractivity contribution in [1.82, 2.24) is 4.90 Å². The molecule has 0 saturated carbocycles. The fraction of sp³-hybridized carbons (Fsp3) is 0.176. The van der Waals surface area contributed by atoms with E-state index in [1.807, 2.05) is 0 Å². The number of ether oxygens (including phenoxy) is 1. The first-order valence-electron chi connectivity index (χ1n) is 6.97. The van der Waals surface area contributed by atoms with Gasteiger partial charge in [-0.3, -0.25) is 4.79 Å². The van der Waals surface area contributed by atoms with E-state index in [2.05, 4.69) is 0 Å². The Labute approximate surface area is 136 Å². The van der Waals surface area contributed by atoms with Crippen LogP contribution in [0.25, 0.3) is 0 Å². The van der Waals surface area contributed by atoms with Crippen molar-refractivity contribution in [3.63, 3.8) is 0 Å². The minimum absolute atomic E-state index is 0.00233. The van der Waals surface area contributed by atoms with Crippen LogP contribution in [-0.2, 0) is 16.1 Å². The number of hydrogen-bond donors (Lipinski definition) is 0. The largest absolute Gasteiger partial charge is 0.452 e. The molecule has 0 fully saturated rings. The van der Waals surface area contributed by atoms with Crippen LogP contribution in [0.15, 0.2) is 42.5 Å². The second-order valence-corrected chi connectivity index (χ2v) is 5.08. The van der Waals surface area contributed by atoms with Crippen LogP contribution in [0, 0.1) is 17.5 Å². The second-order valence-electron chi connectivity index (χ2n) is 5.08. The molecule has 2 aromatic rings. The van der Waals surface area contributed by atoms with E-state index in [1.54, 1.807) is 6.07 Å². The zero-order valence-electron chi connectivity index (χ0n) is 12.8. The highest BCUT2D eigenvalue weighted by atomic mass is 19.1. The molecule has 0 aliphatic heterocycles. The van der Waals surface area contributed by atoms with Crippen LogP contribution < -0.4 is 0 Å². The molecule has 0 atom stereocenters. The van der Waals surface area contributed by atoms with Crippen LogP contribution >= 0.6 is 0 Å². The smallest absolute Gasteiger partial charge is 0.338 e. The van der Waals surface area contributed by atoms with Gasteiger partial charge in [-0.2, -0.15) is 0 Å². The first-order chi connectivity index (χ1) is 11.4. The van der Waals surface area contributed by atoms with Gasteiger partial charge >= 0.3 is 5.97 Å². The summed E-state index contributed by atoms with van der Waals surface area (Å²) in [5, 5.41) is 0.